The van der Waals surface area contributed by atoms with Crippen LogP contribution in [0.1, 0.15) is 60.8 Å². The fourth-order valence-electron chi connectivity index (χ4n) is 2.39. The molecule has 0 bridgehead atoms. The highest BCUT2D eigenvalue weighted by molar-refractivity contribution is 8.07. The van der Waals surface area contributed by atoms with Crippen LogP contribution in [0.25, 0.3) is 0 Å². The topological polar surface area (TPSA) is 0 Å². The van der Waals surface area contributed by atoms with Crippen LogP contribution in [0, 0.1) is 0 Å². The van der Waals surface area contributed by atoms with E-state index in [1.54, 1.807) is 0 Å². The van der Waals surface area contributed by atoms with E-state index in [4.69, 9.17) is 55.4 Å². The van der Waals surface area contributed by atoms with Crippen LogP contribution in [0.15, 0.2) is 0 Å². The molecule has 0 aliphatic heterocycles. The summed E-state index contributed by atoms with van der Waals surface area (Å²) in [4.78, 5) is 0. The van der Waals surface area contributed by atoms with E-state index >= 15 is 0 Å². The lowest BCUT2D eigenvalue weighted by Crippen LogP contribution is -2.70. The maximum absolute atomic E-state index is 7.26. The maximum Gasteiger partial charge on any atom is 0.259 e. The fraction of sp³-hybridized carbons (Fsp3) is 1.00. The third kappa shape index (κ3) is 3.77. The minimum atomic E-state index is -2.71. The molecular weight excluding hydrogens is 406 g/mol. The van der Waals surface area contributed by atoms with E-state index < -0.39 is 18.8 Å². The zero-order valence-electron chi connectivity index (χ0n) is 13.2. The Morgan fingerprint density at radius 3 is 1.05 bits per heavy atom. The average Bonchev–Trinajstić information content (AvgIpc) is 2.42. The van der Waals surface area contributed by atoms with E-state index in [9.17, 15) is 0 Å². The fourth-order valence-corrected chi connectivity index (χ4v) is 61.3. The van der Waals surface area contributed by atoms with Gasteiger partial charge in [0.25, 0.3) is 12.4 Å². The highest BCUT2D eigenvalue weighted by atomic mass is 35.7. The van der Waals surface area contributed by atoms with E-state index in [1.807, 2.05) is 0 Å². The van der Waals surface area contributed by atoms with E-state index in [-0.39, 0.29) is 16.6 Å². The molecule has 0 saturated heterocycles. The van der Waals surface area contributed by atoms with Gasteiger partial charge >= 0.3 is 0 Å². The van der Waals surface area contributed by atoms with Crippen molar-refractivity contribution in [2.75, 3.05) is 0 Å². The molecule has 0 aliphatic carbocycles. The molecule has 0 aliphatic rings. The molecule has 0 amide bonds. The van der Waals surface area contributed by atoms with Crippen LogP contribution < -0.4 is 0 Å². The molecule has 0 fully saturated rings. The van der Waals surface area contributed by atoms with Crippen molar-refractivity contribution in [1.82, 2.24) is 0 Å². The van der Waals surface area contributed by atoms with Crippen molar-refractivity contribution in [3.05, 3.63) is 0 Å². The van der Waals surface area contributed by atoms with Crippen LogP contribution in [0.3, 0.4) is 0 Å². The molecule has 20 heavy (non-hydrogen) atoms. The highest BCUT2D eigenvalue weighted by Crippen LogP contribution is 2.57. The van der Waals surface area contributed by atoms with E-state index in [2.05, 4.69) is 41.5 Å². The van der Waals surface area contributed by atoms with Gasteiger partial charge in [0, 0.05) is 0 Å². The minimum Gasteiger partial charge on any atom is -0.167 e. The molecule has 0 rings (SSSR count). The van der Waals surface area contributed by atoms with Crippen LogP contribution in [0.2, 0.25) is 16.6 Å². The lowest BCUT2D eigenvalue weighted by atomic mass is 10.4. The normalized spacial score (nSPS) is 21.1. The van der Waals surface area contributed by atoms with Gasteiger partial charge in [0.1, 0.15) is 0 Å². The Labute approximate surface area is 151 Å². The summed E-state index contributed by atoms with van der Waals surface area (Å²) in [6.45, 7) is 12.7. The van der Waals surface area contributed by atoms with Gasteiger partial charge in [-0.15, -0.1) is 44.3 Å². The molecule has 0 N–H and O–H groups in total. The first-order chi connectivity index (χ1) is 8.94. The lowest BCUT2D eigenvalue weighted by molar-refractivity contribution is 0.840. The molecule has 0 aromatic rings. The van der Waals surface area contributed by atoms with Crippen molar-refractivity contribution in [2.24, 2.45) is 0 Å². The summed E-state index contributed by atoms with van der Waals surface area (Å²) >= 11 is 35.1. The van der Waals surface area contributed by atoms with Gasteiger partial charge in [0.05, 0.1) is 0 Å². The molecule has 122 valence electrons. The summed E-state index contributed by atoms with van der Waals surface area (Å²) < 4.78 is 0. The second-order valence-electron chi connectivity index (χ2n) is 5.89. The molecule has 8 heteroatoms. The quantitative estimate of drug-likeness (QED) is 0.274. The molecule has 3 atom stereocenters. The van der Waals surface area contributed by atoms with Gasteiger partial charge in [-0.2, -0.15) is 11.1 Å². The number of halogens is 5. The summed E-state index contributed by atoms with van der Waals surface area (Å²) in [5.41, 5.74) is 0.686. The Morgan fingerprint density at radius 2 is 0.850 bits per heavy atom. The van der Waals surface area contributed by atoms with Crippen LogP contribution in [-0.4, -0.2) is 18.8 Å². The van der Waals surface area contributed by atoms with Gasteiger partial charge in [-0.25, -0.2) is 0 Å². The van der Waals surface area contributed by atoms with Gasteiger partial charge in [-0.1, -0.05) is 60.8 Å². The Bertz CT molecular complexity index is 289. The second kappa shape index (κ2) is 8.27. The summed E-state index contributed by atoms with van der Waals surface area (Å²) in [5.74, 6) is 0. The van der Waals surface area contributed by atoms with Crippen molar-refractivity contribution >= 4 is 74.2 Å². The summed E-state index contributed by atoms with van der Waals surface area (Å²) in [5, 5.41) is 0. The first-order valence-electron chi connectivity index (χ1n) is 7.39. The third-order valence-corrected chi connectivity index (χ3v) is 61.4. The molecule has 0 spiro atoms. The molecule has 0 aromatic carbocycles. The first-order valence-corrected chi connectivity index (χ1v) is 20.7. The monoisotopic (exact) mass is 430 g/mol. The Kier molecular flexibility index (Phi) is 9.14. The molecule has 0 aromatic heterocycles. The average molecular weight is 433 g/mol. The summed E-state index contributed by atoms with van der Waals surface area (Å²) in [7, 11) is 0. The number of hydrogen-bond acceptors (Lipinski definition) is 0. The Hall–Kier alpha value is 2.10. The Balaban J connectivity index is 6.00. The first kappa shape index (κ1) is 22.1. The SMILES string of the molecule is CCC(C)[Si](Cl)(Cl)[Si](Cl)(C(C)CC)[Si](Cl)(Cl)C(C)CC. The van der Waals surface area contributed by atoms with Crippen molar-refractivity contribution in [1.29, 1.82) is 0 Å². The van der Waals surface area contributed by atoms with Crippen LogP contribution in [-0.2, 0) is 0 Å². The van der Waals surface area contributed by atoms with E-state index in [1.165, 1.54) is 0 Å². The van der Waals surface area contributed by atoms with E-state index in [0.717, 1.165) is 19.3 Å². The lowest BCUT2D eigenvalue weighted by Gasteiger charge is -2.48. The molecule has 0 nitrogen and oxygen atoms in total. The zero-order chi connectivity index (χ0) is 16.4. The molecule has 0 saturated carbocycles. The van der Waals surface area contributed by atoms with Crippen LogP contribution >= 0.6 is 55.4 Å². The maximum atomic E-state index is 7.26. The molecule has 3 unspecified atom stereocenters. The number of hydrogen-bond donors (Lipinski definition) is 0. The molecular formula is C12H27Cl5Si3. The molecule has 0 radical (unpaired) electrons. The van der Waals surface area contributed by atoms with Gasteiger partial charge in [0.15, 0.2) is 0 Å². The third-order valence-electron chi connectivity index (χ3n) is 4.72. The van der Waals surface area contributed by atoms with Crippen molar-refractivity contribution in [3.8, 4) is 0 Å². The van der Waals surface area contributed by atoms with Crippen LogP contribution in [0.4, 0.5) is 0 Å². The van der Waals surface area contributed by atoms with Gasteiger partial charge in [-0.3, -0.25) is 0 Å². The predicted octanol–water partition coefficient (Wildman–Crippen LogP) is 7.57. The zero-order valence-corrected chi connectivity index (χ0v) is 20.0. The van der Waals surface area contributed by atoms with Gasteiger partial charge < -0.3 is 0 Å². The summed E-state index contributed by atoms with van der Waals surface area (Å²) in [6, 6.07) is 0. The van der Waals surface area contributed by atoms with Gasteiger partial charge in [0.2, 0.25) is 6.42 Å². The van der Waals surface area contributed by atoms with Crippen LogP contribution in [0.5, 0.6) is 0 Å². The smallest absolute Gasteiger partial charge is 0.167 e. The van der Waals surface area contributed by atoms with E-state index in [0.29, 0.717) is 0 Å². The largest absolute Gasteiger partial charge is 0.259 e. The summed E-state index contributed by atoms with van der Waals surface area (Å²) in [6.07, 6.45) is -5.30. The van der Waals surface area contributed by atoms with Crippen molar-refractivity contribution < 1.29 is 0 Å². The second-order valence-corrected chi connectivity index (χ2v) is 39.5. The standard InChI is InChI=1S/C12H27Cl5Si3/c1-7-10(4)18(13,14)20(17,12(6)9-3)19(15,16)11(5)8-2/h10-12H,7-9H2,1-6H3. The van der Waals surface area contributed by atoms with Gasteiger partial charge in [-0.05, 0) is 16.6 Å². The highest BCUT2D eigenvalue weighted by Gasteiger charge is 2.71. The van der Waals surface area contributed by atoms with Crippen molar-refractivity contribution in [2.45, 2.75) is 77.4 Å². The predicted molar refractivity (Wildman–Crippen MR) is 106 cm³/mol. The Morgan fingerprint density at radius 1 is 0.600 bits per heavy atom. The molecule has 0 heterocycles. The number of rotatable bonds is 8. The van der Waals surface area contributed by atoms with Crippen molar-refractivity contribution in [3.63, 3.8) is 0 Å². The minimum absolute atomic E-state index is 0.220.